The zero-order valence-corrected chi connectivity index (χ0v) is 17.2. The van der Waals surface area contributed by atoms with E-state index in [1.54, 1.807) is 24.4 Å². The Morgan fingerprint density at radius 3 is 2.68 bits per heavy atom. The van der Waals surface area contributed by atoms with Crippen LogP contribution in [-0.2, 0) is 11.3 Å². The molecule has 0 saturated carbocycles. The molecule has 2 amide bonds. The molecule has 0 spiro atoms. The van der Waals surface area contributed by atoms with E-state index in [-0.39, 0.29) is 29.6 Å². The van der Waals surface area contributed by atoms with Crippen LogP contribution in [0, 0.1) is 16.0 Å². The number of nitro benzene ring substituents is 1. The monoisotopic (exact) mass is 421 g/mol. The summed E-state index contributed by atoms with van der Waals surface area (Å²) in [6, 6.07) is 11.5. The Hall–Kier alpha value is -4.01. The number of amides is 2. The summed E-state index contributed by atoms with van der Waals surface area (Å²) in [5.41, 5.74) is 1.75. The summed E-state index contributed by atoms with van der Waals surface area (Å²) in [5.74, 6) is -0.248. The molecule has 0 aliphatic heterocycles. The fraction of sp³-hybridized carbons (Fsp3) is 0.227. The van der Waals surface area contributed by atoms with Gasteiger partial charge in [-0.2, -0.15) is 0 Å². The van der Waals surface area contributed by atoms with Crippen LogP contribution in [0.5, 0.6) is 0 Å². The maximum absolute atomic E-state index is 12.6. The minimum absolute atomic E-state index is 0.0681. The Balaban J connectivity index is 1.68. The molecule has 9 heteroatoms. The molecule has 1 heterocycles. The van der Waals surface area contributed by atoms with E-state index in [0.29, 0.717) is 17.8 Å². The van der Waals surface area contributed by atoms with Crippen LogP contribution in [0.2, 0.25) is 0 Å². The van der Waals surface area contributed by atoms with Gasteiger partial charge in [0.15, 0.2) is 0 Å². The summed E-state index contributed by atoms with van der Waals surface area (Å²) in [5, 5.41) is 17.1. The van der Waals surface area contributed by atoms with Gasteiger partial charge in [0.25, 0.3) is 11.6 Å². The predicted molar refractivity (Wildman–Crippen MR) is 116 cm³/mol. The Morgan fingerprint density at radius 2 is 2.00 bits per heavy atom. The lowest BCUT2D eigenvalue weighted by Crippen LogP contribution is -2.23. The van der Waals surface area contributed by atoms with Gasteiger partial charge >= 0.3 is 0 Å². The summed E-state index contributed by atoms with van der Waals surface area (Å²) in [6.07, 6.45) is 4.99. The highest BCUT2D eigenvalue weighted by molar-refractivity contribution is 5.95. The van der Waals surface area contributed by atoms with Gasteiger partial charge in [-0.1, -0.05) is 26.0 Å². The summed E-state index contributed by atoms with van der Waals surface area (Å²) >= 11 is 0. The van der Waals surface area contributed by atoms with Crippen LogP contribution >= 0.6 is 0 Å². The molecule has 3 aromatic rings. The highest BCUT2D eigenvalue weighted by atomic mass is 16.6. The van der Waals surface area contributed by atoms with Gasteiger partial charge in [-0.25, -0.2) is 4.98 Å². The van der Waals surface area contributed by atoms with Crippen LogP contribution in [0.25, 0.3) is 5.69 Å². The van der Waals surface area contributed by atoms with Crippen molar-refractivity contribution in [2.24, 2.45) is 5.92 Å². The molecule has 31 heavy (non-hydrogen) atoms. The second-order valence-corrected chi connectivity index (χ2v) is 7.46. The largest absolute Gasteiger partial charge is 0.348 e. The fourth-order valence-electron chi connectivity index (χ4n) is 3.06. The van der Waals surface area contributed by atoms with E-state index in [9.17, 15) is 19.7 Å². The van der Waals surface area contributed by atoms with Gasteiger partial charge in [0.05, 0.1) is 11.3 Å². The first-order valence-electron chi connectivity index (χ1n) is 9.77. The minimum Gasteiger partial charge on any atom is -0.348 e. The van der Waals surface area contributed by atoms with Crippen LogP contribution < -0.4 is 10.6 Å². The molecule has 2 aromatic carbocycles. The first-order valence-corrected chi connectivity index (χ1v) is 9.77. The van der Waals surface area contributed by atoms with Crippen molar-refractivity contribution in [3.8, 4) is 5.69 Å². The molecule has 0 saturated heterocycles. The number of carbonyl (C=O) groups is 2. The second kappa shape index (κ2) is 9.66. The van der Waals surface area contributed by atoms with Crippen molar-refractivity contribution in [2.45, 2.75) is 26.8 Å². The highest BCUT2D eigenvalue weighted by Gasteiger charge is 2.18. The van der Waals surface area contributed by atoms with Crippen LogP contribution in [0.4, 0.5) is 11.4 Å². The Kier molecular flexibility index (Phi) is 6.76. The lowest BCUT2D eigenvalue weighted by molar-refractivity contribution is -0.384. The fourth-order valence-corrected chi connectivity index (χ4v) is 3.06. The quantitative estimate of drug-likeness (QED) is 0.425. The number of imidazole rings is 1. The zero-order valence-electron chi connectivity index (χ0n) is 17.2. The minimum atomic E-state index is -0.532. The van der Waals surface area contributed by atoms with Gasteiger partial charge in [-0.3, -0.25) is 19.7 Å². The zero-order chi connectivity index (χ0) is 22.4. The van der Waals surface area contributed by atoms with Gasteiger partial charge < -0.3 is 15.2 Å². The predicted octanol–water partition coefficient (Wildman–Crippen LogP) is 3.70. The van der Waals surface area contributed by atoms with Crippen molar-refractivity contribution in [2.75, 3.05) is 5.32 Å². The molecule has 3 rings (SSSR count). The van der Waals surface area contributed by atoms with Gasteiger partial charge in [-0.05, 0) is 35.7 Å². The molecule has 2 N–H and O–H groups in total. The number of aromatic nitrogens is 2. The van der Waals surface area contributed by atoms with Crippen LogP contribution in [-0.4, -0.2) is 26.3 Å². The summed E-state index contributed by atoms with van der Waals surface area (Å²) in [6.45, 7) is 4.15. The number of rotatable bonds is 8. The average Bonchev–Trinajstić information content (AvgIpc) is 3.26. The maximum Gasteiger partial charge on any atom is 0.294 e. The van der Waals surface area contributed by atoms with Crippen molar-refractivity contribution >= 4 is 23.2 Å². The molecular weight excluding hydrogens is 398 g/mol. The lowest BCUT2D eigenvalue weighted by atomic mass is 10.1. The Bertz CT molecular complexity index is 1090. The number of nitrogens with one attached hydrogen (secondary N) is 2. The summed E-state index contributed by atoms with van der Waals surface area (Å²) < 4.78 is 1.51. The third-order valence-corrected chi connectivity index (χ3v) is 4.47. The number of hydrogen-bond acceptors (Lipinski definition) is 5. The number of hydrogen-bond donors (Lipinski definition) is 2. The molecule has 0 radical (unpaired) electrons. The number of nitrogens with zero attached hydrogens (tertiary/aromatic N) is 3. The van der Waals surface area contributed by atoms with Gasteiger partial charge in [0.2, 0.25) is 5.91 Å². The number of carbonyl (C=O) groups excluding carboxylic acids is 2. The summed E-state index contributed by atoms with van der Waals surface area (Å²) in [7, 11) is 0. The molecule has 1 aromatic heterocycles. The van der Waals surface area contributed by atoms with Crippen molar-refractivity contribution in [3.05, 3.63) is 82.4 Å². The standard InChI is InChI=1S/C22H23N5O4/c1-15(2)10-21(28)25-18-5-3-4-16(11-18)13-24-22(29)17-6-7-19(20(12-17)27(30)31)26-9-8-23-14-26/h3-9,11-12,14-15H,10,13H2,1-2H3,(H,24,29)(H,25,28). The highest BCUT2D eigenvalue weighted by Crippen LogP contribution is 2.24. The molecule has 0 bridgehead atoms. The maximum atomic E-state index is 12.6. The van der Waals surface area contributed by atoms with Gasteiger partial charge in [0, 0.05) is 42.7 Å². The van der Waals surface area contributed by atoms with Gasteiger partial charge in [0.1, 0.15) is 5.69 Å². The second-order valence-electron chi connectivity index (χ2n) is 7.46. The van der Waals surface area contributed by atoms with Crippen molar-refractivity contribution in [1.29, 1.82) is 0 Å². The van der Waals surface area contributed by atoms with Gasteiger partial charge in [-0.15, -0.1) is 0 Å². The molecule has 0 fully saturated rings. The number of nitro groups is 1. The first kappa shape index (κ1) is 21.7. The first-order chi connectivity index (χ1) is 14.8. The number of benzene rings is 2. The topological polar surface area (TPSA) is 119 Å². The van der Waals surface area contributed by atoms with Crippen molar-refractivity contribution in [1.82, 2.24) is 14.9 Å². The molecule has 0 atom stereocenters. The molecule has 0 unspecified atom stereocenters. The third kappa shape index (κ3) is 5.75. The average molecular weight is 421 g/mol. The van der Waals surface area contributed by atoms with Crippen LogP contribution in [0.1, 0.15) is 36.2 Å². The third-order valence-electron chi connectivity index (χ3n) is 4.47. The molecular formula is C22H23N5O4. The normalized spacial score (nSPS) is 10.7. The summed E-state index contributed by atoms with van der Waals surface area (Å²) in [4.78, 5) is 39.3. The Morgan fingerprint density at radius 1 is 1.19 bits per heavy atom. The van der Waals surface area contributed by atoms with Crippen LogP contribution in [0.15, 0.2) is 61.2 Å². The molecule has 0 aliphatic rings. The van der Waals surface area contributed by atoms with E-state index in [1.807, 2.05) is 19.9 Å². The smallest absolute Gasteiger partial charge is 0.294 e. The van der Waals surface area contributed by atoms with Crippen molar-refractivity contribution in [3.63, 3.8) is 0 Å². The Labute approximate surface area is 179 Å². The van der Waals surface area contributed by atoms with E-state index in [1.165, 1.54) is 35.3 Å². The van der Waals surface area contributed by atoms with E-state index in [0.717, 1.165) is 5.56 Å². The molecule has 160 valence electrons. The molecule has 0 aliphatic carbocycles. The van der Waals surface area contributed by atoms with E-state index < -0.39 is 10.8 Å². The SMILES string of the molecule is CC(C)CC(=O)Nc1cccc(CNC(=O)c2ccc(-n3ccnc3)c([N+](=O)[O-])c2)c1. The number of anilines is 1. The van der Waals surface area contributed by atoms with E-state index >= 15 is 0 Å². The van der Waals surface area contributed by atoms with E-state index in [2.05, 4.69) is 15.6 Å². The van der Waals surface area contributed by atoms with E-state index in [4.69, 9.17) is 0 Å². The molecule has 9 nitrogen and oxygen atoms in total. The lowest BCUT2D eigenvalue weighted by Gasteiger charge is -2.10. The van der Waals surface area contributed by atoms with Crippen molar-refractivity contribution < 1.29 is 14.5 Å². The van der Waals surface area contributed by atoms with Crippen LogP contribution in [0.3, 0.4) is 0 Å².